The first-order chi connectivity index (χ1) is 16.2. The molecule has 2 unspecified atom stereocenters. The zero-order chi connectivity index (χ0) is 23.9. The zero-order valence-electron chi connectivity index (χ0n) is 18.1. The van der Waals surface area contributed by atoms with Crippen LogP contribution >= 0.6 is 11.3 Å². The Bertz CT molecular complexity index is 1210. The van der Waals surface area contributed by atoms with Gasteiger partial charge in [0, 0.05) is 31.8 Å². The van der Waals surface area contributed by atoms with E-state index in [9.17, 15) is 18.0 Å². The molecule has 0 saturated carbocycles. The minimum absolute atomic E-state index is 0.0705. The minimum atomic E-state index is -4.75. The Morgan fingerprint density at radius 1 is 1.32 bits per heavy atom. The summed E-state index contributed by atoms with van der Waals surface area (Å²) in [5.41, 5.74) is 2.78. The van der Waals surface area contributed by atoms with Crippen molar-refractivity contribution in [2.75, 3.05) is 35.7 Å². The molecule has 5 rings (SSSR count). The third kappa shape index (κ3) is 4.82. The lowest BCUT2D eigenvalue weighted by Crippen LogP contribution is -2.39. The highest BCUT2D eigenvalue weighted by Gasteiger charge is 2.31. The fourth-order valence-electron chi connectivity index (χ4n) is 4.01. The van der Waals surface area contributed by atoms with Gasteiger partial charge in [0.25, 0.3) is 5.91 Å². The maximum absolute atomic E-state index is 12.6. The molecular formula is C22H22F3N5O3S. The molecule has 3 heterocycles. The number of rotatable bonds is 6. The Kier molecular flexibility index (Phi) is 5.86. The van der Waals surface area contributed by atoms with Gasteiger partial charge in [-0.25, -0.2) is 4.98 Å². The van der Waals surface area contributed by atoms with Crippen molar-refractivity contribution in [3.05, 3.63) is 42.0 Å². The lowest BCUT2D eigenvalue weighted by molar-refractivity contribution is -0.274. The van der Waals surface area contributed by atoms with E-state index in [0.717, 1.165) is 30.8 Å². The van der Waals surface area contributed by atoms with E-state index >= 15 is 0 Å². The van der Waals surface area contributed by atoms with Gasteiger partial charge in [0.05, 0.1) is 27.7 Å². The topological polar surface area (TPSA) is 87.8 Å². The number of amides is 1. The van der Waals surface area contributed by atoms with Crippen LogP contribution in [0.4, 0.5) is 29.7 Å². The average Bonchev–Trinajstić information content (AvgIpc) is 3.50. The van der Waals surface area contributed by atoms with Crippen LogP contribution in [0.5, 0.6) is 5.75 Å². The van der Waals surface area contributed by atoms with Crippen molar-refractivity contribution in [3.8, 4) is 5.75 Å². The maximum Gasteiger partial charge on any atom is 0.573 e. The summed E-state index contributed by atoms with van der Waals surface area (Å²) in [7, 11) is 1.89. The van der Waals surface area contributed by atoms with E-state index in [1.165, 1.54) is 29.5 Å². The van der Waals surface area contributed by atoms with Crippen molar-refractivity contribution in [1.29, 1.82) is 0 Å². The summed E-state index contributed by atoms with van der Waals surface area (Å²) in [5, 5.41) is 10.0. The summed E-state index contributed by atoms with van der Waals surface area (Å²) in [5.74, 6) is -0.453. The molecule has 0 spiro atoms. The normalized spacial score (nSPS) is 19.7. The van der Waals surface area contributed by atoms with Gasteiger partial charge >= 0.3 is 6.36 Å². The number of carbonyl (C=O) groups excluding carboxylic acids is 1. The van der Waals surface area contributed by atoms with E-state index in [1.807, 2.05) is 18.0 Å². The number of thiazole rings is 1. The van der Waals surface area contributed by atoms with E-state index in [0.29, 0.717) is 27.5 Å². The smallest absolute Gasteiger partial charge is 0.406 e. The molecule has 2 atom stereocenters. The number of fused-ring (bicyclic) bond motifs is 2. The number of alkyl halides is 3. The van der Waals surface area contributed by atoms with Gasteiger partial charge in [-0.2, -0.15) is 0 Å². The largest absolute Gasteiger partial charge is 0.573 e. The van der Waals surface area contributed by atoms with Crippen LogP contribution in [0, 0.1) is 0 Å². The molecule has 0 aliphatic carbocycles. The van der Waals surface area contributed by atoms with Gasteiger partial charge in [-0.15, -0.1) is 13.2 Å². The molecule has 2 aliphatic rings. The molecule has 1 saturated heterocycles. The molecule has 12 heteroatoms. The van der Waals surface area contributed by atoms with Gasteiger partial charge in [-0.3, -0.25) is 4.79 Å². The van der Waals surface area contributed by atoms with E-state index in [-0.39, 0.29) is 24.1 Å². The molecule has 1 aromatic heterocycles. The summed E-state index contributed by atoms with van der Waals surface area (Å²) in [6.45, 7) is 1.22. The van der Waals surface area contributed by atoms with E-state index < -0.39 is 6.36 Å². The van der Waals surface area contributed by atoms with E-state index in [1.54, 1.807) is 12.1 Å². The van der Waals surface area contributed by atoms with Crippen molar-refractivity contribution < 1.29 is 27.4 Å². The van der Waals surface area contributed by atoms with Crippen LogP contribution < -0.4 is 25.6 Å². The van der Waals surface area contributed by atoms with Crippen molar-refractivity contribution in [1.82, 2.24) is 10.3 Å². The number of nitrogens with zero attached hydrogens (tertiary/aromatic N) is 2. The van der Waals surface area contributed by atoms with Crippen molar-refractivity contribution in [2.45, 2.75) is 31.6 Å². The molecule has 1 fully saturated rings. The van der Waals surface area contributed by atoms with Crippen molar-refractivity contribution in [3.63, 3.8) is 0 Å². The standard InChI is InChI=1S/C22H22F3N5O3S/c1-30-17-7-4-12(19(31)26-11-14-3-2-8-32-14)9-16(17)27-20(30)29-21-28-15-6-5-13(10-18(15)34-21)33-22(23,24)25/h4-7,9-10,14,20,27H,2-3,8,11H2,1H3,(H,26,31)(H,28,29). The fraction of sp³-hybridized carbons (Fsp3) is 0.364. The van der Waals surface area contributed by atoms with Gasteiger partial charge in [0.15, 0.2) is 11.4 Å². The lowest BCUT2D eigenvalue weighted by atomic mass is 10.1. The molecular weight excluding hydrogens is 471 g/mol. The first-order valence-electron chi connectivity index (χ1n) is 10.7. The van der Waals surface area contributed by atoms with Gasteiger partial charge < -0.3 is 30.3 Å². The van der Waals surface area contributed by atoms with Crippen LogP contribution in [0.1, 0.15) is 23.2 Å². The van der Waals surface area contributed by atoms with E-state index in [2.05, 4.69) is 25.7 Å². The molecule has 2 aromatic carbocycles. The summed E-state index contributed by atoms with van der Waals surface area (Å²) in [4.78, 5) is 19.0. The lowest BCUT2D eigenvalue weighted by Gasteiger charge is -2.22. The Labute approximate surface area is 197 Å². The predicted molar refractivity (Wildman–Crippen MR) is 123 cm³/mol. The number of hydrogen-bond donors (Lipinski definition) is 3. The van der Waals surface area contributed by atoms with Gasteiger partial charge in [-0.1, -0.05) is 11.3 Å². The van der Waals surface area contributed by atoms with Crippen LogP contribution in [-0.4, -0.2) is 49.8 Å². The van der Waals surface area contributed by atoms with Crippen LogP contribution in [0.3, 0.4) is 0 Å². The molecule has 34 heavy (non-hydrogen) atoms. The molecule has 1 amide bonds. The summed E-state index contributed by atoms with van der Waals surface area (Å²) in [6, 6.07) is 9.46. The quantitative estimate of drug-likeness (QED) is 0.470. The zero-order valence-corrected chi connectivity index (χ0v) is 18.9. The Morgan fingerprint density at radius 2 is 2.18 bits per heavy atom. The van der Waals surface area contributed by atoms with Gasteiger partial charge in [0.2, 0.25) is 0 Å². The predicted octanol–water partition coefficient (Wildman–Crippen LogP) is 4.36. The third-order valence-corrected chi connectivity index (χ3v) is 6.64. The number of hydrogen-bond acceptors (Lipinski definition) is 8. The Balaban J connectivity index is 1.25. The Hall–Kier alpha value is -3.25. The van der Waals surface area contributed by atoms with Crippen LogP contribution in [-0.2, 0) is 4.74 Å². The van der Waals surface area contributed by atoms with Crippen LogP contribution in [0.15, 0.2) is 36.4 Å². The molecule has 180 valence electrons. The number of aromatic nitrogens is 1. The average molecular weight is 494 g/mol. The summed E-state index contributed by atoms with van der Waals surface area (Å²) >= 11 is 1.22. The van der Waals surface area contributed by atoms with E-state index in [4.69, 9.17) is 4.74 Å². The highest BCUT2D eigenvalue weighted by Crippen LogP contribution is 2.36. The number of carbonyl (C=O) groups is 1. The van der Waals surface area contributed by atoms with Crippen molar-refractivity contribution >= 4 is 44.0 Å². The molecule has 0 radical (unpaired) electrons. The molecule has 3 aromatic rings. The monoisotopic (exact) mass is 493 g/mol. The highest BCUT2D eigenvalue weighted by atomic mass is 32.1. The fourth-order valence-corrected chi connectivity index (χ4v) is 4.93. The van der Waals surface area contributed by atoms with Crippen molar-refractivity contribution in [2.24, 2.45) is 0 Å². The molecule has 2 aliphatic heterocycles. The highest BCUT2D eigenvalue weighted by molar-refractivity contribution is 7.22. The van der Waals surface area contributed by atoms with Gasteiger partial charge in [-0.05, 0) is 43.2 Å². The number of anilines is 3. The molecule has 8 nitrogen and oxygen atoms in total. The minimum Gasteiger partial charge on any atom is -0.406 e. The number of halogens is 3. The number of benzene rings is 2. The SMILES string of the molecule is CN1c2ccc(C(=O)NCC3CCCO3)cc2NC1Nc1nc2ccc(OC(F)(F)F)cc2s1. The summed E-state index contributed by atoms with van der Waals surface area (Å²) < 4.78 is 47.6. The summed E-state index contributed by atoms with van der Waals surface area (Å²) in [6.07, 6.45) is -3.07. The Morgan fingerprint density at radius 3 is 2.94 bits per heavy atom. The van der Waals surface area contributed by atoms with Crippen LogP contribution in [0.2, 0.25) is 0 Å². The third-order valence-electron chi connectivity index (χ3n) is 5.69. The second-order valence-electron chi connectivity index (χ2n) is 8.08. The second kappa shape index (κ2) is 8.84. The molecule has 0 bridgehead atoms. The first kappa shape index (κ1) is 22.5. The number of nitrogens with one attached hydrogen (secondary N) is 3. The molecule has 3 N–H and O–H groups in total. The second-order valence-corrected chi connectivity index (χ2v) is 9.11. The number of ether oxygens (including phenoxy) is 2. The maximum atomic E-state index is 12.6. The van der Waals surface area contributed by atoms with Crippen LogP contribution in [0.25, 0.3) is 10.2 Å². The van der Waals surface area contributed by atoms with Gasteiger partial charge in [0.1, 0.15) is 5.75 Å². The first-order valence-corrected chi connectivity index (χ1v) is 11.5.